The molecule has 0 aliphatic heterocycles. The molecule has 5 nitrogen and oxygen atoms in total. The Morgan fingerprint density at radius 2 is 1.94 bits per heavy atom. The van der Waals surface area contributed by atoms with E-state index >= 15 is 0 Å². The quantitative estimate of drug-likeness (QED) is 0.942. The predicted octanol–water partition coefficient (Wildman–Crippen LogP) is 3.02. The molecule has 0 saturated heterocycles. The number of hydrogen-bond acceptors (Lipinski definition) is 3. The summed E-state index contributed by atoms with van der Waals surface area (Å²) in [6, 6.07) is 2.37. The monoisotopic (exact) mass is 287 g/mol. The Hall–Kier alpha value is -1.33. The van der Waals surface area contributed by atoms with Crippen LogP contribution in [0.4, 0.5) is 0 Å². The summed E-state index contributed by atoms with van der Waals surface area (Å²) >= 11 is 11.8. The van der Waals surface area contributed by atoms with Crippen LogP contribution in [0.25, 0.3) is 11.0 Å². The molecule has 0 aliphatic carbocycles. The second-order valence-corrected chi connectivity index (χ2v) is 5.13. The van der Waals surface area contributed by atoms with Gasteiger partial charge in [0.05, 0.1) is 15.6 Å². The minimum absolute atomic E-state index is 0.123. The van der Waals surface area contributed by atoms with Gasteiger partial charge in [0, 0.05) is 0 Å². The first-order valence-electron chi connectivity index (χ1n) is 5.34. The lowest BCUT2D eigenvalue weighted by atomic mass is 10.0. The topological polar surface area (TPSA) is 68.0 Å². The van der Waals surface area contributed by atoms with Crippen LogP contribution in [0.2, 0.25) is 10.0 Å². The summed E-state index contributed by atoms with van der Waals surface area (Å²) in [5.74, 6) is -1.08. The molecule has 2 rings (SSSR count). The molecule has 1 N–H and O–H groups in total. The summed E-state index contributed by atoms with van der Waals surface area (Å²) in [4.78, 5) is 11.3. The first-order valence-corrected chi connectivity index (χ1v) is 6.10. The Morgan fingerprint density at radius 1 is 1.33 bits per heavy atom. The highest BCUT2D eigenvalue weighted by Gasteiger charge is 2.26. The van der Waals surface area contributed by atoms with E-state index in [-0.39, 0.29) is 5.92 Å². The van der Waals surface area contributed by atoms with E-state index in [0.717, 1.165) is 0 Å². The van der Waals surface area contributed by atoms with Crippen LogP contribution in [0.1, 0.15) is 19.9 Å². The summed E-state index contributed by atoms with van der Waals surface area (Å²) in [5, 5.41) is 17.8. The van der Waals surface area contributed by atoms with Crippen molar-refractivity contribution in [2.24, 2.45) is 5.92 Å². The van der Waals surface area contributed by atoms with Crippen molar-refractivity contribution < 1.29 is 9.90 Å². The molecule has 1 aromatic heterocycles. The van der Waals surface area contributed by atoms with Crippen molar-refractivity contribution in [3.63, 3.8) is 0 Å². The molecule has 1 unspecified atom stereocenters. The van der Waals surface area contributed by atoms with Crippen molar-refractivity contribution in [1.82, 2.24) is 15.0 Å². The van der Waals surface area contributed by atoms with E-state index in [1.165, 1.54) is 4.68 Å². The van der Waals surface area contributed by atoms with Crippen molar-refractivity contribution in [1.29, 1.82) is 0 Å². The van der Waals surface area contributed by atoms with Gasteiger partial charge in [-0.15, -0.1) is 5.10 Å². The second kappa shape index (κ2) is 4.74. The van der Waals surface area contributed by atoms with Gasteiger partial charge in [0.15, 0.2) is 6.04 Å². The van der Waals surface area contributed by atoms with Gasteiger partial charge in [-0.1, -0.05) is 42.3 Å². The second-order valence-electron chi connectivity index (χ2n) is 4.32. The third kappa shape index (κ3) is 2.15. The fourth-order valence-electron chi connectivity index (χ4n) is 1.81. The fourth-order valence-corrected chi connectivity index (χ4v) is 2.13. The van der Waals surface area contributed by atoms with Crippen LogP contribution in [0.3, 0.4) is 0 Å². The molecule has 1 atom stereocenters. The van der Waals surface area contributed by atoms with Gasteiger partial charge in [-0.3, -0.25) is 0 Å². The van der Waals surface area contributed by atoms with Crippen LogP contribution in [0, 0.1) is 5.92 Å². The lowest BCUT2D eigenvalue weighted by molar-refractivity contribution is -0.142. The van der Waals surface area contributed by atoms with Crippen molar-refractivity contribution in [3.8, 4) is 0 Å². The molecule has 96 valence electrons. The molecule has 0 spiro atoms. The van der Waals surface area contributed by atoms with Crippen molar-refractivity contribution >= 4 is 40.2 Å². The van der Waals surface area contributed by atoms with E-state index in [0.29, 0.717) is 21.1 Å². The molecule has 18 heavy (non-hydrogen) atoms. The van der Waals surface area contributed by atoms with Crippen LogP contribution >= 0.6 is 23.2 Å². The van der Waals surface area contributed by atoms with Crippen LogP contribution in [-0.4, -0.2) is 26.1 Å². The number of carbonyl (C=O) groups is 1. The number of hydrogen-bond donors (Lipinski definition) is 1. The zero-order valence-electron chi connectivity index (χ0n) is 9.76. The van der Waals surface area contributed by atoms with Gasteiger partial charge in [0.1, 0.15) is 5.52 Å². The van der Waals surface area contributed by atoms with Gasteiger partial charge in [-0.2, -0.15) is 0 Å². The van der Waals surface area contributed by atoms with E-state index < -0.39 is 12.0 Å². The Morgan fingerprint density at radius 3 is 2.50 bits per heavy atom. The Labute approximate surface area is 113 Å². The number of aliphatic carboxylic acids is 1. The Kier molecular flexibility index (Phi) is 3.45. The highest BCUT2D eigenvalue weighted by molar-refractivity contribution is 6.42. The number of nitrogens with zero attached hydrogens (tertiary/aromatic N) is 3. The van der Waals surface area contributed by atoms with Crippen LogP contribution in [0.5, 0.6) is 0 Å². The maximum atomic E-state index is 11.3. The highest BCUT2D eigenvalue weighted by atomic mass is 35.5. The van der Waals surface area contributed by atoms with E-state index in [1.54, 1.807) is 12.1 Å². The maximum absolute atomic E-state index is 11.3. The van der Waals surface area contributed by atoms with E-state index in [2.05, 4.69) is 10.3 Å². The molecule has 2 aromatic rings. The van der Waals surface area contributed by atoms with Crippen molar-refractivity contribution in [2.75, 3.05) is 0 Å². The SMILES string of the molecule is CC(C)C(C(=O)O)n1nnc2cc(Cl)c(Cl)cc21. The van der Waals surface area contributed by atoms with Gasteiger partial charge in [-0.05, 0) is 18.1 Å². The summed E-state index contributed by atoms with van der Waals surface area (Å²) < 4.78 is 1.37. The van der Waals surface area contributed by atoms with Gasteiger partial charge in [-0.25, -0.2) is 9.48 Å². The zero-order chi connectivity index (χ0) is 13.4. The van der Waals surface area contributed by atoms with E-state index in [9.17, 15) is 9.90 Å². The van der Waals surface area contributed by atoms with Crippen molar-refractivity contribution in [2.45, 2.75) is 19.9 Å². The molecule has 1 aromatic carbocycles. The van der Waals surface area contributed by atoms with E-state index in [1.807, 2.05) is 13.8 Å². The summed E-state index contributed by atoms with van der Waals surface area (Å²) in [5.41, 5.74) is 1.09. The molecule has 0 radical (unpaired) electrons. The number of fused-ring (bicyclic) bond motifs is 1. The third-order valence-corrected chi connectivity index (χ3v) is 3.38. The maximum Gasteiger partial charge on any atom is 0.328 e. The zero-order valence-corrected chi connectivity index (χ0v) is 11.3. The van der Waals surface area contributed by atoms with Crippen LogP contribution < -0.4 is 0 Å². The molecular weight excluding hydrogens is 277 g/mol. The molecule has 7 heteroatoms. The number of benzene rings is 1. The Bertz CT molecular complexity index is 610. The molecule has 0 fully saturated rings. The lowest BCUT2D eigenvalue weighted by Crippen LogP contribution is -2.25. The molecule has 0 saturated carbocycles. The third-order valence-electron chi connectivity index (χ3n) is 2.66. The number of halogens is 2. The predicted molar refractivity (Wildman–Crippen MR) is 69.1 cm³/mol. The standard InChI is InChI=1S/C11H11Cl2N3O2/c1-5(2)10(11(17)18)16-9-4-7(13)6(12)3-8(9)14-15-16/h3-5,10H,1-2H3,(H,17,18). The minimum Gasteiger partial charge on any atom is -0.480 e. The van der Waals surface area contributed by atoms with Gasteiger partial charge >= 0.3 is 5.97 Å². The molecule has 0 aliphatic rings. The van der Waals surface area contributed by atoms with Crippen LogP contribution in [0.15, 0.2) is 12.1 Å². The number of carboxylic acid groups (broad SMARTS) is 1. The molecular formula is C11H11Cl2N3O2. The minimum atomic E-state index is -0.956. The first-order chi connectivity index (χ1) is 8.41. The highest BCUT2D eigenvalue weighted by Crippen LogP contribution is 2.29. The number of rotatable bonds is 3. The van der Waals surface area contributed by atoms with E-state index in [4.69, 9.17) is 23.2 Å². The Balaban J connectivity index is 2.64. The van der Waals surface area contributed by atoms with Gasteiger partial charge in [0.2, 0.25) is 0 Å². The first kappa shape index (κ1) is 13.1. The summed E-state index contributed by atoms with van der Waals surface area (Å²) in [6.07, 6.45) is 0. The number of carboxylic acids is 1. The van der Waals surface area contributed by atoms with Crippen LogP contribution in [-0.2, 0) is 4.79 Å². The fraction of sp³-hybridized carbons (Fsp3) is 0.364. The average Bonchev–Trinajstić information content (AvgIpc) is 2.62. The smallest absolute Gasteiger partial charge is 0.328 e. The normalized spacial score (nSPS) is 13.2. The molecule has 0 amide bonds. The van der Waals surface area contributed by atoms with Gasteiger partial charge < -0.3 is 5.11 Å². The largest absolute Gasteiger partial charge is 0.480 e. The molecule has 0 bridgehead atoms. The average molecular weight is 288 g/mol. The van der Waals surface area contributed by atoms with Crippen molar-refractivity contribution in [3.05, 3.63) is 22.2 Å². The van der Waals surface area contributed by atoms with Gasteiger partial charge in [0.25, 0.3) is 0 Å². The lowest BCUT2D eigenvalue weighted by Gasteiger charge is -2.16. The molecule has 1 heterocycles. The number of aromatic nitrogens is 3. The summed E-state index contributed by atoms with van der Waals surface area (Å²) in [7, 11) is 0. The summed E-state index contributed by atoms with van der Waals surface area (Å²) in [6.45, 7) is 3.62.